The third-order valence-electron chi connectivity index (χ3n) is 5.52. The van der Waals surface area contributed by atoms with Crippen LogP contribution in [0.4, 0.5) is 17.2 Å². The number of hydrogen-bond donors (Lipinski definition) is 3. The summed E-state index contributed by atoms with van der Waals surface area (Å²) in [4.78, 5) is 14.4. The molecule has 1 aliphatic heterocycles. The van der Waals surface area contributed by atoms with Gasteiger partial charge in [-0.2, -0.15) is 0 Å². The molecule has 0 amide bonds. The summed E-state index contributed by atoms with van der Waals surface area (Å²) in [5.74, 6) is 0.762. The number of nitrogens with zero attached hydrogens (tertiary/aromatic N) is 3. The van der Waals surface area contributed by atoms with Gasteiger partial charge in [0.05, 0.1) is 24.4 Å². The summed E-state index contributed by atoms with van der Waals surface area (Å²) in [6.45, 7) is 2.94. The molecule has 10 heteroatoms. The molecular formula is C23H24N6O3S. The van der Waals surface area contributed by atoms with E-state index in [4.69, 9.17) is 10.5 Å². The predicted molar refractivity (Wildman–Crippen MR) is 129 cm³/mol. The van der Waals surface area contributed by atoms with E-state index in [9.17, 15) is 8.42 Å². The molecule has 0 spiro atoms. The smallest absolute Gasteiger partial charge is 0.236 e. The van der Waals surface area contributed by atoms with Crippen molar-refractivity contribution in [1.29, 1.82) is 0 Å². The molecule has 1 saturated heterocycles. The Morgan fingerprint density at radius 2 is 1.76 bits per heavy atom. The quantitative estimate of drug-likeness (QED) is 0.375. The highest BCUT2D eigenvalue weighted by molar-refractivity contribution is 7.91. The number of rotatable bonds is 6. The topological polar surface area (TPSA) is 126 Å². The van der Waals surface area contributed by atoms with Gasteiger partial charge in [0.25, 0.3) is 0 Å². The molecule has 0 bridgehead atoms. The minimum atomic E-state index is -3.55. The molecule has 4 aromatic rings. The van der Waals surface area contributed by atoms with Crippen molar-refractivity contribution < 1.29 is 13.2 Å². The summed E-state index contributed by atoms with van der Waals surface area (Å²) >= 11 is 0. The first kappa shape index (κ1) is 21.2. The number of nitrogens with two attached hydrogens (primary N) is 1. The van der Waals surface area contributed by atoms with Crippen LogP contribution in [0.2, 0.25) is 0 Å². The van der Waals surface area contributed by atoms with Crippen molar-refractivity contribution in [2.75, 3.05) is 41.7 Å². The summed E-state index contributed by atoms with van der Waals surface area (Å²) < 4.78 is 33.1. The average molecular weight is 465 g/mol. The molecule has 33 heavy (non-hydrogen) atoms. The zero-order chi connectivity index (χ0) is 22.8. The van der Waals surface area contributed by atoms with Crippen molar-refractivity contribution in [1.82, 2.24) is 15.0 Å². The highest BCUT2D eigenvalue weighted by Gasteiger charge is 2.18. The average Bonchev–Trinajstić information content (AvgIpc) is 3.26. The number of hydrogen-bond acceptors (Lipinski definition) is 7. The normalized spacial score (nSPS) is 14.5. The molecule has 4 N–H and O–H groups in total. The van der Waals surface area contributed by atoms with Crippen molar-refractivity contribution in [3.8, 4) is 11.3 Å². The molecule has 2 aromatic heterocycles. The van der Waals surface area contributed by atoms with Crippen molar-refractivity contribution in [3.05, 3.63) is 66.5 Å². The molecule has 5 rings (SSSR count). The van der Waals surface area contributed by atoms with Gasteiger partial charge < -0.3 is 20.4 Å². The van der Waals surface area contributed by atoms with E-state index in [1.54, 1.807) is 42.7 Å². The second-order valence-electron chi connectivity index (χ2n) is 7.92. The van der Waals surface area contributed by atoms with Crippen LogP contribution in [-0.2, 0) is 20.5 Å². The number of sulfonamides is 1. The molecule has 170 valence electrons. The first-order chi connectivity index (χ1) is 16.0. The van der Waals surface area contributed by atoms with E-state index in [-0.39, 0.29) is 5.75 Å². The maximum Gasteiger partial charge on any atom is 0.236 e. The lowest BCUT2D eigenvalue weighted by Gasteiger charge is -2.27. The van der Waals surface area contributed by atoms with Crippen LogP contribution < -0.4 is 15.4 Å². The molecule has 1 aliphatic rings. The number of aromatic nitrogens is 3. The Morgan fingerprint density at radius 1 is 1.03 bits per heavy atom. The third-order valence-corrected chi connectivity index (χ3v) is 6.78. The Morgan fingerprint density at radius 3 is 2.48 bits per heavy atom. The van der Waals surface area contributed by atoms with Crippen LogP contribution >= 0.6 is 0 Å². The van der Waals surface area contributed by atoms with Gasteiger partial charge in [-0.15, -0.1) is 0 Å². The van der Waals surface area contributed by atoms with E-state index < -0.39 is 10.0 Å². The van der Waals surface area contributed by atoms with Crippen molar-refractivity contribution >= 4 is 38.2 Å². The van der Waals surface area contributed by atoms with E-state index >= 15 is 0 Å². The molecule has 1 fully saturated rings. The Balaban J connectivity index is 1.34. The van der Waals surface area contributed by atoms with Crippen molar-refractivity contribution in [2.24, 2.45) is 0 Å². The fourth-order valence-electron chi connectivity index (χ4n) is 3.88. The highest BCUT2D eigenvalue weighted by Crippen LogP contribution is 2.30. The van der Waals surface area contributed by atoms with E-state index in [2.05, 4.69) is 24.6 Å². The Kier molecular flexibility index (Phi) is 5.61. The van der Waals surface area contributed by atoms with Crippen molar-refractivity contribution in [3.63, 3.8) is 0 Å². The number of ether oxygens (including phenoxy) is 1. The van der Waals surface area contributed by atoms with Gasteiger partial charge in [0, 0.05) is 30.2 Å². The number of nitrogens with one attached hydrogen (secondary N) is 2. The van der Waals surface area contributed by atoms with Gasteiger partial charge in [0.1, 0.15) is 17.8 Å². The second-order valence-corrected chi connectivity index (χ2v) is 9.64. The lowest BCUT2D eigenvalue weighted by atomic mass is 10.1. The SMILES string of the molecule is Nc1ccc(CS(=O)(=O)Nc2ccc(-c3cc4c(N5CCOCC5)ncnc4[nH]3)cc2)cc1. The summed E-state index contributed by atoms with van der Waals surface area (Å²) in [6, 6.07) is 16.1. The van der Waals surface area contributed by atoms with E-state index in [1.807, 2.05) is 18.2 Å². The van der Waals surface area contributed by atoms with Crippen LogP contribution in [0.25, 0.3) is 22.3 Å². The maximum absolute atomic E-state index is 12.5. The molecular weight excluding hydrogens is 440 g/mol. The van der Waals surface area contributed by atoms with E-state index in [1.165, 1.54) is 0 Å². The second kappa shape index (κ2) is 8.72. The fourth-order valence-corrected chi connectivity index (χ4v) is 5.07. The first-order valence-electron chi connectivity index (χ1n) is 10.6. The molecule has 0 saturated carbocycles. The zero-order valence-corrected chi connectivity index (χ0v) is 18.7. The van der Waals surface area contributed by atoms with Crippen LogP contribution in [0, 0.1) is 0 Å². The highest BCUT2D eigenvalue weighted by atomic mass is 32.2. The largest absolute Gasteiger partial charge is 0.399 e. The van der Waals surface area contributed by atoms with Crippen LogP contribution in [0.3, 0.4) is 0 Å². The Bertz CT molecular complexity index is 1360. The lowest BCUT2D eigenvalue weighted by molar-refractivity contribution is 0.122. The minimum Gasteiger partial charge on any atom is -0.399 e. The van der Waals surface area contributed by atoms with Gasteiger partial charge >= 0.3 is 0 Å². The minimum absolute atomic E-state index is 0.125. The molecule has 0 radical (unpaired) electrons. The van der Waals surface area contributed by atoms with Crippen molar-refractivity contribution in [2.45, 2.75) is 5.75 Å². The van der Waals surface area contributed by atoms with Crippen LogP contribution in [-0.4, -0.2) is 49.7 Å². The Labute approximate surface area is 191 Å². The van der Waals surface area contributed by atoms with Crippen LogP contribution in [0.5, 0.6) is 0 Å². The number of nitrogen functional groups attached to an aromatic ring is 1. The Hall–Kier alpha value is -3.63. The molecule has 0 aliphatic carbocycles. The van der Waals surface area contributed by atoms with Gasteiger partial charge in [0.2, 0.25) is 10.0 Å². The van der Waals surface area contributed by atoms with Crippen LogP contribution in [0.15, 0.2) is 60.9 Å². The zero-order valence-electron chi connectivity index (χ0n) is 17.9. The number of morpholine rings is 1. The molecule has 2 aromatic carbocycles. The number of aromatic amines is 1. The fraction of sp³-hybridized carbons (Fsp3) is 0.217. The standard InChI is InChI=1S/C23H24N6O3S/c24-18-5-1-16(2-6-18)14-33(30,31)28-19-7-3-17(4-8-19)21-13-20-22(27-21)25-15-26-23(20)29-9-11-32-12-10-29/h1-8,13,15,28H,9-12,14,24H2,(H,25,26,27). The third kappa shape index (κ3) is 4.76. The monoisotopic (exact) mass is 464 g/mol. The number of benzene rings is 2. The molecule has 3 heterocycles. The number of anilines is 3. The number of H-pyrrole nitrogens is 1. The summed E-state index contributed by atoms with van der Waals surface area (Å²) in [6.07, 6.45) is 1.56. The molecule has 0 atom stereocenters. The van der Waals surface area contributed by atoms with Gasteiger partial charge in [0.15, 0.2) is 0 Å². The maximum atomic E-state index is 12.5. The van der Waals surface area contributed by atoms with Crippen LogP contribution in [0.1, 0.15) is 5.56 Å². The lowest BCUT2D eigenvalue weighted by Crippen LogP contribution is -2.36. The van der Waals surface area contributed by atoms with Gasteiger partial charge in [-0.3, -0.25) is 4.72 Å². The van der Waals surface area contributed by atoms with Gasteiger partial charge in [-0.05, 0) is 41.5 Å². The summed E-state index contributed by atoms with van der Waals surface area (Å²) in [7, 11) is -3.55. The molecule has 0 unspecified atom stereocenters. The summed E-state index contributed by atoms with van der Waals surface area (Å²) in [5.41, 5.74) is 9.99. The molecule has 9 nitrogen and oxygen atoms in total. The predicted octanol–water partition coefficient (Wildman–Crippen LogP) is 2.99. The van der Waals surface area contributed by atoms with E-state index in [0.717, 1.165) is 41.2 Å². The first-order valence-corrected chi connectivity index (χ1v) is 12.2. The number of fused-ring (bicyclic) bond motifs is 1. The van der Waals surface area contributed by atoms with Gasteiger partial charge in [-0.1, -0.05) is 24.3 Å². The summed E-state index contributed by atoms with van der Waals surface area (Å²) in [5, 5.41) is 0.947. The van der Waals surface area contributed by atoms with E-state index in [0.29, 0.717) is 30.2 Å². The van der Waals surface area contributed by atoms with Gasteiger partial charge in [-0.25, -0.2) is 18.4 Å².